The van der Waals surface area contributed by atoms with Crippen LogP contribution >= 0.6 is 0 Å². The highest BCUT2D eigenvalue weighted by Gasteiger charge is 1.32. The van der Waals surface area contributed by atoms with Gasteiger partial charge in [0.25, 0.3) is 0 Å². The summed E-state index contributed by atoms with van der Waals surface area (Å²) in [6, 6.07) is 0. The van der Waals surface area contributed by atoms with Gasteiger partial charge in [0.15, 0.2) is 0 Å². The largest absolute Gasteiger partial charge is 0.331 e. The van der Waals surface area contributed by atoms with E-state index in [0.717, 1.165) is 6.54 Å². The highest BCUT2D eigenvalue weighted by Crippen LogP contribution is 1.53. The van der Waals surface area contributed by atoms with E-state index in [0.29, 0.717) is 0 Å². The Bertz CT molecular complexity index is 69.3. The summed E-state index contributed by atoms with van der Waals surface area (Å²) in [6.07, 6.45) is 6.56. The summed E-state index contributed by atoms with van der Waals surface area (Å²) < 4.78 is 0. The zero-order valence-electron chi connectivity index (χ0n) is 9.42. The van der Waals surface area contributed by atoms with Crippen molar-refractivity contribution >= 4 is 0 Å². The molecule has 0 aromatic heterocycles. The van der Waals surface area contributed by atoms with Crippen LogP contribution in [0.25, 0.3) is 0 Å². The van der Waals surface area contributed by atoms with E-state index in [1.54, 1.807) is 24.3 Å². The fourth-order valence-corrected chi connectivity index (χ4v) is 0. The molecule has 0 aromatic rings. The first-order valence-electron chi connectivity index (χ1n) is 4.42. The molecule has 0 atom stereocenters. The van der Waals surface area contributed by atoms with Gasteiger partial charge in [-0.1, -0.05) is 71.4 Å². The molecule has 0 aliphatic rings. The maximum absolute atomic E-state index is 4.85. The second-order valence-corrected chi connectivity index (χ2v) is 1.35. The molecule has 1 heteroatoms. The van der Waals surface area contributed by atoms with Crippen molar-refractivity contribution in [2.24, 2.45) is 5.73 Å². The van der Waals surface area contributed by atoms with E-state index < -0.39 is 0 Å². The van der Waals surface area contributed by atoms with E-state index in [9.17, 15) is 0 Å². The van der Waals surface area contributed by atoms with Crippen LogP contribution in [0.4, 0.5) is 0 Å². The van der Waals surface area contributed by atoms with Crippen LogP contribution in [0.3, 0.4) is 0 Å². The minimum atomic E-state index is 0.750. The quantitative estimate of drug-likeness (QED) is 0.649. The molecular weight excluding hydrogens is 158 g/mol. The molecule has 0 heterocycles. The fraction of sp³-hybridized carbons (Fsp3) is 0.333. The van der Waals surface area contributed by atoms with Crippen molar-refractivity contribution in [1.82, 2.24) is 0 Å². The lowest BCUT2D eigenvalue weighted by molar-refractivity contribution is 1.14. The number of allylic oxidation sites excluding steroid dienone is 4. The third kappa shape index (κ3) is 1030. The molecule has 0 fully saturated rings. The first kappa shape index (κ1) is 22.7. The molecule has 0 aromatic carbocycles. The van der Waals surface area contributed by atoms with Crippen LogP contribution in [0.2, 0.25) is 0 Å². The van der Waals surface area contributed by atoms with Crippen LogP contribution in [0.5, 0.6) is 0 Å². The average Bonchev–Trinajstić information content (AvgIpc) is 2.22. The zero-order valence-corrected chi connectivity index (χ0v) is 9.42. The second kappa shape index (κ2) is 69.9. The summed E-state index contributed by atoms with van der Waals surface area (Å²) in [5, 5.41) is 0. The highest BCUT2D eigenvalue weighted by molar-refractivity contribution is 4.88. The molecule has 0 radical (unpaired) electrons. The summed E-state index contributed by atoms with van der Waals surface area (Å²) in [6.45, 7) is 20.1. The normalized spacial score (nSPS) is 4.92. The van der Waals surface area contributed by atoms with Crippen LogP contribution in [-0.2, 0) is 0 Å². The van der Waals surface area contributed by atoms with Crippen molar-refractivity contribution in [3.63, 3.8) is 0 Å². The van der Waals surface area contributed by atoms with Crippen molar-refractivity contribution < 1.29 is 0 Å². The van der Waals surface area contributed by atoms with Crippen LogP contribution in [0.1, 0.15) is 20.8 Å². The third-order valence-electron chi connectivity index (χ3n) is 0.333. The molecule has 78 valence electrons. The lowest BCUT2D eigenvalue weighted by Crippen LogP contribution is -1.87. The molecule has 13 heavy (non-hydrogen) atoms. The molecular formula is C12H25N. The molecule has 0 spiro atoms. The highest BCUT2D eigenvalue weighted by atomic mass is 14.5. The second-order valence-electron chi connectivity index (χ2n) is 1.35. The Morgan fingerprint density at radius 2 is 0.923 bits per heavy atom. The average molecular weight is 183 g/mol. The van der Waals surface area contributed by atoms with Crippen molar-refractivity contribution in [2.45, 2.75) is 20.8 Å². The summed E-state index contributed by atoms with van der Waals surface area (Å²) in [5.41, 5.74) is 4.85. The Kier molecular flexibility index (Phi) is 122. The number of hydrogen-bond donors (Lipinski definition) is 1. The Morgan fingerprint density at radius 3 is 0.923 bits per heavy atom. The Labute approximate surface area is 84.4 Å². The van der Waals surface area contributed by atoms with Gasteiger partial charge in [0.2, 0.25) is 0 Å². The van der Waals surface area contributed by atoms with Gasteiger partial charge < -0.3 is 5.73 Å². The van der Waals surface area contributed by atoms with Crippen LogP contribution < -0.4 is 5.73 Å². The number of rotatable bonds is 2. The molecule has 0 unspecified atom stereocenters. The molecule has 0 aliphatic heterocycles. The first-order valence-corrected chi connectivity index (χ1v) is 4.42. The number of nitrogens with two attached hydrogens (primary N) is 1. The molecule has 2 N–H and O–H groups in total. The third-order valence-corrected chi connectivity index (χ3v) is 0.333. The van der Waals surface area contributed by atoms with E-state index in [-0.39, 0.29) is 0 Å². The Hall–Kier alpha value is -1.08. The van der Waals surface area contributed by atoms with E-state index in [1.165, 1.54) is 0 Å². The monoisotopic (exact) mass is 183 g/mol. The van der Waals surface area contributed by atoms with Gasteiger partial charge in [-0.25, -0.2) is 0 Å². The predicted molar refractivity (Wildman–Crippen MR) is 66.9 cm³/mol. The van der Waals surface area contributed by atoms with Crippen LogP contribution in [0.15, 0.2) is 50.6 Å². The standard InChI is InChI=1S/2C4H6.C2H7N.C2H6/c2*1-3-4-2;1-2-3;1-2/h2*3-4H,1-2H2;2-3H2,1H3;1-2H3. The topological polar surface area (TPSA) is 26.0 Å². The molecule has 0 bridgehead atoms. The Balaban J connectivity index is -0.0000000431. The number of hydrogen-bond acceptors (Lipinski definition) is 1. The van der Waals surface area contributed by atoms with Crippen LogP contribution in [0, 0.1) is 0 Å². The van der Waals surface area contributed by atoms with Gasteiger partial charge in [0.1, 0.15) is 0 Å². The van der Waals surface area contributed by atoms with Gasteiger partial charge in [-0.2, -0.15) is 0 Å². The van der Waals surface area contributed by atoms with Gasteiger partial charge in [-0.15, -0.1) is 0 Å². The minimum absolute atomic E-state index is 0.750. The van der Waals surface area contributed by atoms with Gasteiger partial charge in [-0.3, -0.25) is 0 Å². The smallest absolute Gasteiger partial charge is 0.0106 e. The van der Waals surface area contributed by atoms with Crippen molar-refractivity contribution in [1.29, 1.82) is 0 Å². The van der Waals surface area contributed by atoms with Gasteiger partial charge in [-0.05, 0) is 6.54 Å². The van der Waals surface area contributed by atoms with Gasteiger partial charge >= 0.3 is 0 Å². The van der Waals surface area contributed by atoms with Crippen molar-refractivity contribution in [2.75, 3.05) is 6.54 Å². The van der Waals surface area contributed by atoms with E-state index in [4.69, 9.17) is 5.73 Å². The van der Waals surface area contributed by atoms with E-state index >= 15 is 0 Å². The molecule has 0 amide bonds. The van der Waals surface area contributed by atoms with E-state index in [1.807, 2.05) is 20.8 Å². The van der Waals surface area contributed by atoms with Crippen molar-refractivity contribution in [3.05, 3.63) is 50.6 Å². The van der Waals surface area contributed by atoms with Crippen LogP contribution in [-0.4, -0.2) is 6.54 Å². The van der Waals surface area contributed by atoms with Gasteiger partial charge in [0, 0.05) is 0 Å². The predicted octanol–water partition coefficient (Wildman–Crippen LogP) is 3.71. The maximum atomic E-state index is 4.85. The first-order chi connectivity index (χ1) is 6.24. The summed E-state index contributed by atoms with van der Waals surface area (Å²) >= 11 is 0. The Morgan fingerprint density at radius 1 is 0.846 bits per heavy atom. The molecule has 1 nitrogen and oxygen atoms in total. The minimum Gasteiger partial charge on any atom is -0.331 e. The summed E-state index contributed by atoms with van der Waals surface area (Å²) in [7, 11) is 0. The van der Waals surface area contributed by atoms with Gasteiger partial charge in [0.05, 0.1) is 0 Å². The fourth-order valence-electron chi connectivity index (χ4n) is 0. The molecule has 0 saturated heterocycles. The summed E-state index contributed by atoms with van der Waals surface area (Å²) in [4.78, 5) is 0. The summed E-state index contributed by atoms with van der Waals surface area (Å²) in [5.74, 6) is 0. The zero-order chi connectivity index (χ0) is 11.5. The SMILES string of the molecule is C=CC=C.C=CC=C.CC.CCN. The lowest BCUT2D eigenvalue weighted by atomic mass is 10.6. The molecule has 0 rings (SSSR count). The molecule has 0 saturated carbocycles. The molecule has 0 aliphatic carbocycles. The lowest BCUT2D eigenvalue weighted by Gasteiger charge is -1.53. The van der Waals surface area contributed by atoms with E-state index in [2.05, 4.69) is 26.3 Å². The maximum Gasteiger partial charge on any atom is -0.0106 e. The van der Waals surface area contributed by atoms with Crippen molar-refractivity contribution in [3.8, 4) is 0 Å².